The number of aromatic nitrogens is 1. The Morgan fingerprint density at radius 1 is 1.43 bits per heavy atom. The molecule has 1 aromatic heterocycles. The van der Waals surface area contributed by atoms with Gasteiger partial charge >= 0.3 is 0 Å². The van der Waals surface area contributed by atoms with E-state index in [9.17, 15) is 0 Å². The van der Waals surface area contributed by atoms with Gasteiger partial charge in [0.15, 0.2) is 0 Å². The first-order valence-electron chi connectivity index (χ1n) is 4.89. The van der Waals surface area contributed by atoms with Gasteiger partial charge in [-0.25, -0.2) is 0 Å². The van der Waals surface area contributed by atoms with Crippen LogP contribution in [0, 0.1) is 0 Å². The van der Waals surface area contributed by atoms with Crippen molar-refractivity contribution in [1.82, 2.24) is 10.3 Å². The van der Waals surface area contributed by atoms with Crippen molar-refractivity contribution in [1.29, 1.82) is 0 Å². The molecule has 0 saturated carbocycles. The third-order valence-corrected chi connectivity index (χ3v) is 2.41. The number of anilines is 1. The van der Waals surface area contributed by atoms with Gasteiger partial charge in [-0.05, 0) is 18.7 Å². The number of hydrogen-bond donors (Lipinski definition) is 1. The Hall–Kier alpha value is -1.35. The Bertz CT molecular complexity index is 325. The maximum atomic E-state index is 4.17. The zero-order valence-corrected chi connectivity index (χ0v) is 8.40. The highest BCUT2D eigenvalue weighted by atomic mass is 15.1. The highest BCUT2D eigenvalue weighted by Crippen LogP contribution is 2.20. The van der Waals surface area contributed by atoms with Crippen LogP contribution in [0.2, 0.25) is 0 Å². The highest BCUT2D eigenvalue weighted by Gasteiger charge is 2.11. The lowest BCUT2D eigenvalue weighted by molar-refractivity contribution is 0.808. The van der Waals surface area contributed by atoms with E-state index >= 15 is 0 Å². The van der Waals surface area contributed by atoms with Gasteiger partial charge in [0, 0.05) is 25.8 Å². The third-order valence-electron chi connectivity index (χ3n) is 2.41. The van der Waals surface area contributed by atoms with E-state index in [0.29, 0.717) is 0 Å². The maximum Gasteiger partial charge on any atom is 0.0603 e. The van der Waals surface area contributed by atoms with E-state index in [1.54, 1.807) is 0 Å². The molecule has 14 heavy (non-hydrogen) atoms. The lowest BCUT2D eigenvalue weighted by Crippen LogP contribution is -2.21. The van der Waals surface area contributed by atoms with Crippen LogP contribution in [0.4, 0.5) is 5.69 Å². The van der Waals surface area contributed by atoms with E-state index < -0.39 is 0 Å². The van der Waals surface area contributed by atoms with Crippen molar-refractivity contribution in [2.75, 3.05) is 25.0 Å². The number of pyridine rings is 1. The van der Waals surface area contributed by atoms with Crippen molar-refractivity contribution in [2.45, 2.75) is 6.54 Å². The van der Waals surface area contributed by atoms with E-state index in [1.807, 2.05) is 19.4 Å². The zero-order chi connectivity index (χ0) is 9.80. The van der Waals surface area contributed by atoms with Crippen LogP contribution >= 0.6 is 0 Å². The van der Waals surface area contributed by atoms with Crippen LogP contribution in [-0.4, -0.2) is 25.1 Å². The SMILES string of the molecule is CNCc1ccncc1N1CC=CC1. The summed E-state index contributed by atoms with van der Waals surface area (Å²) in [4.78, 5) is 6.49. The van der Waals surface area contributed by atoms with Crippen molar-refractivity contribution in [3.05, 3.63) is 36.2 Å². The monoisotopic (exact) mass is 189 g/mol. The van der Waals surface area contributed by atoms with Gasteiger partial charge in [0.05, 0.1) is 11.9 Å². The maximum absolute atomic E-state index is 4.17. The molecule has 0 amide bonds. The van der Waals surface area contributed by atoms with E-state index in [1.165, 1.54) is 11.3 Å². The molecule has 0 fully saturated rings. The molecule has 0 bridgehead atoms. The average Bonchev–Trinajstić information content (AvgIpc) is 2.72. The minimum Gasteiger partial charge on any atom is -0.363 e. The third kappa shape index (κ3) is 1.77. The molecule has 2 heterocycles. The Kier molecular flexibility index (Phi) is 2.79. The molecule has 3 nitrogen and oxygen atoms in total. The number of rotatable bonds is 3. The largest absolute Gasteiger partial charge is 0.363 e. The molecule has 1 aromatic rings. The number of nitrogens with one attached hydrogen (secondary N) is 1. The second-order valence-electron chi connectivity index (χ2n) is 3.41. The first kappa shape index (κ1) is 9.21. The van der Waals surface area contributed by atoms with Gasteiger partial charge in [-0.15, -0.1) is 0 Å². The lowest BCUT2D eigenvalue weighted by Gasteiger charge is -2.20. The van der Waals surface area contributed by atoms with Crippen molar-refractivity contribution in [3.8, 4) is 0 Å². The van der Waals surface area contributed by atoms with E-state index in [-0.39, 0.29) is 0 Å². The van der Waals surface area contributed by atoms with Crippen LogP contribution in [-0.2, 0) is 6.54 Å². The Labute approximate surface area is 84.5 Å². The lowest BCUT2D eigenvalue weighted by atomic mass is 10.2. The van der Waals surface area contributed by atoms with Crippen LogP contribution in [0.1, 0.15) is 5.56 Å². The number of hydrogen-bond acceptors (Lipinski definition) is 3. The van der Waals surface area contributed by atoms with Crippen LogP contribution in [0.25, 0.3) is 0 Å². The van der Waals surface area contributed by atoms with E-state index in [4.69, 9.17) is 0 Å². The zero-order valence-electron chi connectivity index (χ0n) is 8.40. The Morgan fingerprint density at radius 3 is 2.93 bits per heavy atom. The van der Waals surface area contributed by atoms with Crippen LogP contribution in [0.15, 0.2) is 30.6 Å². The van der Waals surface area contributed by atoms with Gasteiger partial charge in [0.25, 0.3) is 0 Å². The molecular weight excluding hydrogens is 174 g/mol. The summed E-state index contributed by atoms with van der Waals surface area (Å²) in [5.74, 6) is 0. The molecule has 1 aliphatic rings. The fraction of sp³-hybridized carbons (Fsp3) is 0.364. The second kappa shape index (κ2) is 4.24. The molecule has 0 unspecified atom stereocenters. The van der Waals surface area contributed by atoms with Crippen LogP contribution in [0.3, 0.4) is 0 Å². The molecule has 0 radical (unpaired) electrons. The summed E-state index contributed by atoms with van der Waals surface area (Å²) in [5, 5.41) is 3.17. The standard InChI is InChI=1S/C11H15N3/c1-12-8-10-4-5-13-9-11(10)14-6-2-3-7-14/h2-5,9,12H,6-8H2,1H3. The molecular formula is C11H15N3. The molecule has 74 valence electrons. The normalized spacial score (nSPS) is 15.1. The number of nitrogens with zero attached hydrogens (tertiary/aromatic N) is 2. The van der Waals surface area contributed by atoms with Crippen molar-refractivity contribution in [2.24, 2.45) is 0 Å². The first-order chi connectivity index (χ1) is 6.92. The van der Waals surface area contributed by atoms with Crippen molar-refractivity contribution < 1.29 is 0 Å². The van der Waals surface area contributed by atoms with Crippen molar-refractivity contribution in [3.63, 3.8) is 0 Å². The van der Waals surface area contributed by atoms with Crippen LogP contribution in [0.5, 0.6) is 0 Å². The van der Waals surface area contributed by atoms with Gasteiger partial charge in [-0.1, -0.05) is 12.2 Å². The molecule has 0 spiro atoms. The smallest absolute Gasteiger partial charge is 0.0603 e. The summed E-state index contributed by atoms with van der Waals surface area (Å²) >= 11 is 0. The molecule has 0 aromatic carbocycles. The predicted octanol–water partition coefficient (Wildman–Crippen LogP) is 1.18. The minimum absolute atomic E-state index is 0.897. The van der Waals surface area contributed by atoms with Crippen molar-refractivity contribution >= 4 is 5.69 Å². The quantitative estimate of drug-likeness (QED) is 0.724. The van der Waals surface area contributed by atoms with Gasteiger partial charge in [-0.3, -0.25) is 4.98 Å². The van der Waals surface area contributed by atoms with E-state index in [0.717, 1.165) is 19.6 Å². The average molecular weight is 189 g/mol. The fourth-order valence-electron chi connectivity index (χ4n) is 1.71. The Balaban J connectivity index is 2.22. The molecule has 0 atom stereocenters. The minimum atomic E-state index is 0.897. The van der Waals surface area contributed by atoms with Gasteiger partial charge < -0.3 is 10.2 Å². The molecule has 1 N–H and O–H groups in total. The summed E-state index contributed by atoms with van der Waals surface area (Å²) < 4.78 is 0. The highest BCUT2D eigenvalue weighted by molar-refractivity contribution is 5.53. The first-order valence-corrected chi connectivity index (χ1v) is 4.89. The summed E-state index contributed by atoms with van der Waals surface area (Å²) in [6.45, 7) is 2.90. The topological polar surface area (TPSA) is 28.2 Å². The summed E-state index contributed by atoms with van der Waals surface area (Å²) in [6.07, 6.45) is 8.17. The molecule has 0 saturated heterocycles. The fourth-order valence-corrected chi connectivity index (χ4v) is 1.71. The summed E-state index contributed by atoms with van der Waals surface area (Å²) in [5.41, 5.74) is 2.55. The molecule has 3 heteroatoms. The molecule has 2 rings (SSSR count). The van der Waals surface area contributed by atoms with Gasteiger partial charge in [-0.2, -0.15) is 0 Å². The predicted molar refractivity (Wildman–Crippen MR) is 58.4 cm³/mol. The molecule has 0 aliphatic carbocycles. The van der Waals surface area contributed by atoms with Gasteiger partial charge in [0.2, 0.25) is 0 Å². The summed E-state index contributed by atoms with van der Waals surface area (Å²) in [7, 11) is 1.96. The Morgan fingerprint density at radius 2 is 2.21 bits per heavy atom. The van der Waals surface area contributed by atoms with E-state index in [2.05, 4.69) is 33.4 Å². The molecule has 1 aliphatic heterocycles. The van der Waals surface area contributed by atoms with Gasteiger partial charge in [0.1, 0.15) is 0 Å². The van der Waals surface area contributed by atoms with Crippen LogP contribution < -0.4 is 10.2 Å². The second-order valence-corrected chi connectivity index (χ2v) is 3.41. The summed E-state index contributed by atoms with van der Waals surface area (Å²) in [6, 6.07) is 2.07.